The summed E-state index contributed by atoms with van der Waals surface area (Å²) in [6.07, 6.45) is 1.06. The van der Waals surface area contributed by atoms with Crippen LogP contribution < -0.4 is 10.1 Å². The molecule has 1 aromatic heterocycles. The maximum absolute atomic E-state index is 13.4. The Kier molecular flexibility index (Phi) is 5.99. The van der Waals surface area contributed by atoms with Gasteiger partial charge in [-0.1, -0.05) is 6.07 Å². The first-order valence-electron chi connectivity index (χ1n) is 8.93. The van der Waals surface area contributed by atoms with E-state index in [-0.39, 0.29) is 39.0 Å². The van der Waals surface area contributed by atoms with E-state index >= 15 is 0 Å². The van der Waals surface area contributed by atoms with E-state index < -0.39 is 21.6 Å². The van der Waals surface area contributed by atoms with Crippen LogP contribution in [0.4, 0.5) is 10.1 Å². The van der Waals surface area contributed by atoms with Crippen molar-refractivity contribution < 1.29 is 22.3 Å². The van der Waals surface area contributed by atoms with E-state index in [1.807, 2.05) is 6.07 Å². The molecular weight excluding hydrogens is 423 g/mol. The number of halogens is 1. The molecule has 0 radical (unpaired) electrons. The van der Waals surface area contributed by atoms with Crippen molar-refractivity contribution in [2.24, 2.45) is 0 Å². The highest BCUT2D eigenvalue weighted by Gasteiger charge is 2.23. The van der Waals surface area contributed by atoms with E-state index in [2.05, 4.69) is 15.5 Å². The molecule has 0 saturated heterocycles. The van der Waals surface area contributed by atoms with E-state index in [1.54, 1.807) is 6.92 Å². The Hall–Kier alpha value is -3.84. The van der Waals surface area contributed by atoms with Crippen molar-refractivity contribution in [3.05, 3.63) is 70.7 Å². The molecule has 3 rings (SSSR count). The van der Waals surface area contributed by atoms with Crippen LogP contribution in [0.1, 0.15) is 27.2 Å². The minimum Gasteiger partial charge on any atom is -0.437 e. The van der Waals surface area contributed by atoms with Crippen LogP contribution in [-0.4, -0.2) is 30.8 Å². The number of nitrogens with zero attached hydrogens (tertiary/aromatic N) is 3. The van der Waals surface area contributed by atoms with Gasteiger partial charge in [0.1, 0.15) is 23.2 Å². The number of hydrogen-bond donors (Lipinski definition) is 1. The van der Waals surface area contributed by atoms with Crippen molar-refractivity contribution in [1.82, 2.24) is 10.2 Å². The average molecular weight is 440 g/mol. The van der Waals surface area contributed by atoms with Crippen molar-refractivity contribution in [3.8, 4) is 17.7 Å². The van der Waals surface area contributed by atoms with Crippen LogP contribution in [0.5, 0.6) is 11.6 Å². The number of rotatable bonds is 5. The minimum atomic E-state index is -3.47. The van der Waals surface area contributed by atoms with Crippen molar-refractivity contribution in [1.29, 1.82) is 5.26 Å². The lowest BCUT2D eigenvalue weighted by Crippen LogP contribution is -2.17. The number of nitrogens with one attached hydrogen (secondary N) is 1. The first-order chi connectivity index (χ1) is 14.6. The standard InChI is InChI=1S/C21H17FN4O4S/c1-12-9-14(22)7-8-18(12)30-21-19(13(2)17(11-23)25-26-21)20(27)24-15-5-4-6-16(10-15)31(3,28)29/h4-10H,1-3H3,(H,24,27). The molecule has 0 spiro atoms. The van der Waals surface area contributed by atoms with Gasteiger partial charge >= 0.3 is 0 Å². The van der Waals surface area contributed by atoms with Gasteiger partial charge in [-0.05, 0) is 55.8 Å². The van der Waals surface area contributed by atoms with Crippen LogP contribution in [0.15, 0.2) is 47.4 Å². The molecule has 1 heterocycles. The monoisotopic (exact) mass is 440 g/mol. The molecule has 3 aromatic rings. The number of hydrogen-bond acceptors (Lipinski definition) is 7. The third-order valence-corrected chi connectivity index (χ3v) is 5.49. The van der Waals surface area contributed by atoms with Crippen molar-refractivity contribution in [2.75, 3.05) is 11.6 Å². The number of aromatic nitrogens is 2. The van der Waals surface area contributed by atoms with Gasteiger partial charge in [0.2, 0.25) is 0 Å². The Morgan fingerprint density at radius 1 is 1.16 bits per heavy atom. The summed E-state index contributed by atoms with van der Waals surface area (Å²) in [6.45, 7) is 3.14. The highest BCUT2D eigenvalue weighted by molar-refractivity contribution is 7.90. The predicted octanol–water partition coefficient (Wildman–Crippen LogP) is 3.55. The number of amides is 1. The summed E-state index contributed by atoms with van der Waals surface area (Å²) >= 11 is 0. The second kappa shape index (κ2) is 8.49. The normalized spacial score (nSPS) is 10.9. The Morgan fingerprint density at radius 2 is 1.90 bits per heavy atom. The number of carbonyl (C=O) groups is 1. The van der Waals surface area contributed by atoms with Crippen LogP contribution in [0.2, 0.25) is 0 Å². The Morgan fingerprint density at radius 3 is 2.55 bits per heavy atom. The third kappa shape index (κ3) is 4.84. The van der Waals surface area contributed by atoms with Gasteiger partial charge in [-0.15, -0.1) is 10.2 Å². The molecule has 0 bridgehead atoms. The Bertz CT molecular complexity index is 1330. The number of nitriles is 1. The molecular formula is C21H17FN4O4S. The molecule has 0 aliphatic carbocycles. The van der Waals surface area contributed by atoms with Gasteiger partial charge in [-0.25, -0.2) is 12.8 Å². The first kappa shape index (κ1) is 21.9. The number of benzene rings is 2. The number of sulfone groups is 1. The highest BCUT2D eigenvalue weighted by atomic mass is 32.2. The van der Waals surface area contributed by atoms with Crippen molar-refractivity contribution in [3.63, 3.8) is 0 Å². The SMILES string of the molecule is Cc1cc(F)ccc1Oc1nnc(C#N)c(C)c1C(=O)Nc1cccc(S(C)(=O)=O)c1. The molecule has 0 aliphatic rings. The van der Waals surface area contributed by atoms with Gasteiger partial charge in [-0.3, -0.25) is 4.79 Å². The maximum atomic E-state index is 13.4. The molecule has 0 aliphatic heterocycles. The molecule has 158 valence electrons. The smallest absolute Gasteiger partial charge is 0.261 e. The second-order valence-corrected chi connectivity index (χ2v) is 8.75. The van der Waals surface area contributed by atoms with Crippen LogP contribution in [0.3, 0.4) is 0 Å². The summed E-state index contributed by atoms with van der Waals surface area (Å²) in [5, 5.41) is 19.5. The molecule has 0 saturated carbocycles. The summed E-state index contributed by atoms with van der Waals surface area (Å²) in [5.74, 6) is -1.05. The first-order valence-corrected chi connectivity index (χ1v) is 10.8. The number of ether oxygens (including phenoxy) is 1. The Labute approximate surface area is 178 Å². The number of carbonyl (C=O) groups excluding carboxylic acids is 1. The van der Waals surface area contributed by atoms with E-state index in [9.17, 15) is 22.9 Å². The predicted molar refractivity (Wildman–Crippen MR) is 110 cm³/mol. The van der Waals surface area contributed by atoms with Crippen molar-refractivity contribution in [2.45, 2.75) is 18.7 Å². The van der Waals surface area contributed by atoms with Crippen LogP contribution in [0.25, 0.3) is 0 Å². The molecule has 10 heteroatoms. The zero-order valence-corrected chi connectivity index (χ0v) is 17.6. The van der Waals surface area contributed by atoms with Gasteiger partial charge in [0, 0.05) is 17.5 Å². The largest absolute Gasteiger partial charge is 0.437 e. The lowest BCUT2D eigenvalue weighted by Gasteiger charge is -2.14. The van der Waals surface area contributed by atoms with E-state index in [1.165, 1.54) is 49.4 Å². The van der Waals surface area contributed by atoms with Crippen LogP contribution in [0, 0.1) is 31.0 Å². The summed E-state index contributed by atoms with van der Waals surface area (Å²) in [4.78, 5) is 13.1. The van der Waals surface area contributed by atoms with Gasteiger partial charge in [0.05, 0.1) is 4.90 Å². The van der Waals surface area contributed by atoms with Gasteiger partial charge in [0.25, 0.3) is 11.8 Å². The Balaban J connectivity index is 2.03. The molecule has 0 atom stereocenters. The quantitative estimate of drug-likeness (QED) is 0.644. The molecule has 2 aromatic carbocycles. The third-order valence-electron chi connectivity index (χ3n) is 4.38. The van der Waals surface area contributed by atoms with Crippen LogP contribution in [-0.2, 0) is 9.84 Å². The van der Waals surface area contributed by atoms with Crippen molar-refractivity contribution >= 4 is 21.4 Å². The molecule has 1 N–H and O–H groups in total. The lowest BCUT2D eigenvalue weighted by atomic mass is 10.1. The summed E-state index contributed by atoms with van der Waals surface area (Å²) in [7, 11) is -3.47. The molecule has 8 nitrogen and oxygen atoms in total. The molecule has 0 fully saturated rings. The van der Waals surface area contributed by atoms with Gasteiger partial charge < -0.3 is 10.1 Å². The molecule has 31 heavy (non-hydrogen) atoms. The fourth-order valence-electron chi connectivity index (χ4n) is 2.77. The fraction of sp³-hybridized carbons (Fsp3) is 0.143. The summed E-state index contributed by atoms with van der Waals surface area (Å²) in [5.41, 5.74) is 0.796. The average Bonchev–Trinajstić information content (AvgIpc) is 2.70. The van der Waals surface area contributed by atoms with E-state index in [0.717, 1.165) is 6.26 Å². The van der Waals surface area contributed by atoms with Gasteiger partial charge in [0.15, 0.2) is 15.5 Å². The fourth-order valence-corrected chi connectivity index (χ4v) is 3.44. The minimum absolute atomic E-state index is 0.0333. The van der Waals surface area contributed by atoms with E-state index in [4.69, 9.17) is 4.74 Å². The summed E-state index contributed by atoms with van der Waals surface area (Å²) in [6, 6.07) is 11.4. The zero-order valence-electron chi connectivity index (χ0n) is 16.8. The van der Waals surface area contributed by atoms with Gasteiger partial charge in [-0.2, -0.15) is 5.26 Å². The maximum Gasteiger partial charge on any atom is 0.261 e. The molecule has 0 unspecified atom stereocenters. The second-order valence-electron chi connectivity index (χ2n) is 6.73. The van der Waals surface area contributed by atoms with Crippen LogP contribution >= 0.6 is 0 Å². The number of aryl methyl sites for hydroxylation is 1. The summed E-state index contributed by atoms with van der Waals surface area (Å²) < 4.78 is 42.7. The lowest BCUT2D eigenvalue weighted by molar-refractivity contribution is 0.102. The highest BCUT2D eigenvalue weighted by Crippen LogP contribution is 2.29. The zero-order chi connectivity index (χ0) is 22.8. The van der Waals surface area contributed by atoms with E-state index in [0.29, 0.717) is 5.56 Å². The number of anilines is 1. The molecule has 1 amide bonds. The topological polar surface area (TPSA) is 122 Å².